The van der Waals surface area contributed by atoms with Gasteiger partial charge in [0.1, 0.15) is 0 Å². The minimum Gasteiger partial charge on any atom is -0.385 e. The Labute approximate surface area is 121 Å². The molecule has 1 heterocycles. The summed E-state index contributed by atoms with van der Waals surface area (Å²) in [5.41, 5.74) is 2.29. The summed E-state index contributed by atoms with van der Waals surface area (Å²) in [5, 5.41) is 15.6. The van der Waals surface area contributed by atoms with Gasteiger partial charge >= 0.3 is 0 Å². The monoisotopic (exact) mass is 272 g/mol. The number of benzene rings is 1. The fraction of sp³-hybridized carbons (Fsp3) is 0.471. The lowest BCUT2D eigenvalue weighted by molar-refractivity contribution is 0.0249. The molecule has 108 valence electrons. The molecule has 0 bridgehead atoms. The molecule has 0 amide bonds. The first kappa shape index (κ1) is 14.8. The van der Waals surface area contributed by atoms with E-state index >= 15 is 0 Å². The molecule has 1 N–H and O–H groups in total. The second-order valence-corrected chi connectivity index (χ2v) is 5.42. The van der Waals surface area contributed by atoms with Crippen LogP contribution in [0.3, 0.4) is 0 Å². The minimum atomic E-state index is -0.810. The summed E-state index contributed by atoms with van der Waals surface area (Å²) < 4.78 is 1.99. The Bertz CT molecular complexity index is 547. The molecule has 1 atom stereocenters. The fourth-order valence-corrected chi connectivity index (χ4v) is 2.81. The van der Waals surface area contributed by atoms with Crippen LogP contribution in [0.25, 0.3) is 0 Å². The van der Waals surface area contributed by atoms with Gasteiger partial charge in [-0.25, -0.2) is 0 Å². The van der Waals surface area contributed by atoms with Crippen molar-refractivity contribution in [3.63, 3.8) is 0 Å². The summed E-state index contributed by atoms with van der Waals surface area (Å²) >= 11 is 0. The zero-order chi connectivity index (χ0) is 14.6. The Kier molecular flexibility index (Phi) is 4.61. The summed E-state index contributed by atoms with van der Waals surface area (Å²) in [4.78, 5) is 0. The van der Waals surface area contributed by atoms with Gasteiger partial charge in [0.05, 0.1) is 11.3 Å². The van der Waals surface area contributed by atoms with E-state index in [1.807, 2.05) is 41.9 Å². The van der Waals surface area contributed by atoms with Crippen molar-refractivity contribution in [3.8, 4) is 0 Å². The van der Waals surface area contributed by atoms with Crippen molar-refractivity contribution in [3.05, 3.63) is 53.3 Å². The second kappa shape index (κ2) is 6.23. The van der Waals surface area contributed by atoms with Crippen molar-refractivity contribution in [2.24, 2.45) is 0 Å². The molecule has 0 aliphatic rings. The molecule has 1 unspecified atom stereocenters. The van der Waals surface area contributed by atoms with E-state index in [0.717, 1.165) is 36.3 Å². The number of aromatic nitrogens is 2. The topological polar surface area (TPSA) is 38.1 Å². The van der Waals surface area contributed by atoms with Crippen molar-refractivity contribution in [2.75, 3.05) is 0 Å². The highest BCUT2D eigenvalue weighted by Crippen LogP contribution is 2.30. The first-order valence-electron chi connectivity index (χ1n) is 7.40. The molecule has 0 aliphatic carbocycles. The van der Waals surface area contributed by atoms with Crippen molar-refractivity contribution >= 4 is 0 Å². The normalized spacial score (nSPS) is 14.2. The van der Waals surface area contributed by atoms with E-state index in [1.54, 1.807) is 0 Å². The molecule has 0 aliphatic heterocycles. The highest BCUT2D eigenvalue weighted by Gasteiger charge is 2.29. The lowest BCUT2D eigenvalue weighted by atomic mass is 9.85. The predicted molar refractivity (Wildman–Crippen MR) is 81.6 cm³/mol. The van der Waals surface area contributed by atoms with Crippen molar-refractivity contribution in [1.82, 2.24) is 9.78 Å². The van der Waals surface area contributed by atoms with Crippen molar-refractivity contribution in [1.29, 1.82) is 0 Å². The fourth-order valence-electron chi connectivity index (χ4n) is 2.81. The Morgan fingerprint density at radius 3 is 2.50 bits per heavy atom. The zero-order valence-electron chi connectivity index (χ0n) is 12.6. The van der Waals surface area contributed by atoms with Crippen molar-refractivity contribution < 1.29 is 5.11 Å². The molecular weight excluding hydrogens is 248 g/mol. The van der Waals surface area contributed by atoms with E-state index in [-0.39, 0.29) is 0 Å². The maximum absolute atomic E-state index is 11.1. The third kappa shape index (κ3) is 3.10. The van der Waals surface area contributed by atoms with Crippen LogP contribution in [0.2, 0.25) is 0 Å². The maximum Gasteiger partial charge on any atom is 0.0951 e. The molecular formula is C17H24N2O. The number of hydrogen-bond acceptors (Lipinski definition) is 2. The first-order valence-corrected chi connectivity index (χ1v) is 7.40. The lowest BCUT2D eigenvalue weighted by Gasteiger charge is -2.28. The highest BCUT2D eigenvalue weighted by molar-refractivity contribution is 5.25. The molecule has 0 fully saturated rings. The molecule has 3 nitrogen and oxygen atoms in total. The van der Waals surface area contributed by atoms with Crippen LogP contribution in [0.5, 0.6) is 0 Å². The smallest absolute Gasteiger partial charge is 0.0951 e. The average molecular weight is 272 g/mol. The third-order valence-electron chi connectivity index (χ3n) is 3.73. The minimum absolute atomic E-state index is 0.611. The van der Waals surface area contributed by atoms with Gasteiger partial charge in [0, 0.05) is 18.7 Å². The van der Waals surface area contributed by atoms with Gasteiger partial charge in [-0.05, 0) is 31.9 Å². The molecule has 0 radical (unpaired) electrons. The molecule has 3 heteroatoms. The van der Waals surface area contributed by atoms with E-state index in [2.05, 4.69) is 25.0 Å². The van der Waals surface area contributed by atoms with Crippen LogP contribution in [-0.2, 0) is 18.6 Å². The molecule has 2 aromatic rings. The van der Waals surface area contributed by atoms with E-state index in [1.165, 1.54) is 0 Å². The molecule has 0 spiro atoms. The quantitative estimate of drug-likeness (QED) is 0.874. The molecule has 1 aromatic heterocycles. The molecule has 0 saturated heterocycles. The lowest BCUT2D eigenvalue weighted by Crippen LogP contribution is -2.29. The second-order valence-electron chi connectivity index (χ2n) is 5.42. The molecule has 20 heavy (non-hydrogen) atoms. The van der Waals surface area contributed by atoms with E-state index in [0.29, 0.717) is 6.42 Å². The van der Waals surface area contributed by atoms with Crippen LogP contribution in [0, 0.1) is 6.92 Å². The molecule has 1 aromatic carbocycles. The van der Waals surface area contributed by atoms with Crippen LogP contribution in [0.15, 0.2) is 36.4 Å². The summed E-state index contributed by atoms with van der Waals surface area (Å²) in [6.45, 7) is 7.02. The first-order chi connectivity index (χ1) is 9.59. The summed E-state index contributed by atoms with van der Waals surface area (Å²) in [6, 6.07) is 12.0. The van der Waals surface area contributed by atoms with Crippen LogP contribution in [0.4, 0.5) is 0 Å². The Morgan fingerprint density at radius 2 is 1.90 bits per heavy atom. The van der Waals surface area contributed by atoms with Gasteiger partial charge in [-0.3, -0.25) is 4.68 Å². The Hall–Kier alpha value is -1.61. The SMILES string of the molecule is CCCC(O)(Cc1cc(C)nn1CC)c1ccccc1. The molecule has 2 rings (SSSR count). The van der Waals surface area contributed by atoms with Crippen LogP contribution >= 0.6 is 0 Å². The Morgan fingerprint density at radius 1 is 1.20 bits per heavy atom. The van der Waals surface area contributed by atoms with Gasteiger partial charge in [0.25, 0.3) is 0 Å². The molecule has 0 saturated carbocycles. The van der Waals surface area contributed by atoms with Gasteiger partial charge in [-0.2, -0.15) is 5.10 Å². The summed E-state index contributed by atoms with van der Waals surface area (Å²) in [7, 11) is 0. The number of hydrogen-bond donors (Lipinski definition) is 1. The van der Waals surface area contributed by atoms with E-state index in [4.69, 9.17) is 0 Å². The average Bonchev–Trinajstić information content (AvgIpc) is 2.79. The standard InChI is InChI=1S/C17H24N2O/c1-4-11-17(20,15-9-7-6-8-10-15)13-16-12-14(3)18-19(16)5-2/h6-10,12,20H,4-5,11,13H2,1-3H3. The van der Waals surface area contributed by atoms with Gasteiger partial charge in [-0.15, -0.1) is 0 Å². The van der Waals surface area contributed by atoms with Crippen LogP contribution in [-0.4, -0.2) is 14.9 Å². The number of aliphatic hydroxyl groups is 1. The summed E-state index contributed by atoms with van der Waals surface area (Å²) in [5.74, 6) is 0. The van der Waals surface area contributed by atoms with Gasteiger partial charge in [-0.1, -0.05) is 43.7 Å². The van der Waals surface area contributed by atoms with Crippen molar-refractivity contribution in [2.45, 2.75) is 52.2 Å². The Balaban J connectivity index is 2.34. The largest absolute Gasteiger partial charge is 0.385 e. The number of rotatable bonds is 6. The van der Waals surface area contributed by atoms with Crippen LogP contribution in [0.1, 0.15) is 43.6 Å². The van der Waals surface area contributed by atoms with E-state index in [9.17, 15) is 5.11 Å². The van der Waals surface area contributed by atoms with Gasteiger partial charge in [0.2, 0.25) is 0 Å². The van der Waals surface area contributed by atoms with Crippen LogP contribution < -0.4 is 0 Å². The van der Waals surface area contributed by atoms with E-state index < -0.39 is 5.60 Å². The van der Waals surface area contributed by atoms with Gasteiger partial charge < -0.3 is 5.11 Å². The number of nitrogens with zero attached hydrogens (tertiary/aromatic N) is 2. The number of aryl methyl sites for hydroxylation is 2. The maximum atomic E-state index is 11.1. The highest BCUT2D eigenvalue weighted by atomic mass is 16.3. The zero-order valence-corrected chi connectivity index (χ0v) is 12.6. The third-order valence-corrected chi connectivity index (χ3v) is 3.73. The predicted octanol–water partition coefficient (Wildman–Crippen LogP) is 3.44. The van der Waals surface area contributed by atoms with Gasteiger partial charge in [0.15, 0.2) is 0 Å². The summed E-state index contributed by atoms with van der Waals surface area (Å²) in [6.07, 6.45) is 2.31.